The zero-order valence-corrected chi connectivity index (χ0v) is 13.1. The number of aldehydes is 1. The Kier molecular flexibility index (Phi) is 4.42. The lowest BCUT2D eigenvalue weighted by molar-refractivity contribution is -0.108. The van der Waals surface area contributed by atoms with E-state index in [4.69, 9.17) is 4.74 Å². The van der Waals surface area contributed by atoms with Gasteiger partial charge in [0.05, 0.1) is 19.7 Å². The Balaban J connectivity index is 1.95. The molecule has 1 aliphatic carbocycles. The van der Waals surface area contributed by atoms with E-state index in [1.165, 1.54) is 5.56 Å². The number of ether oxygens (including phenoxy) is 1. The molecular formula is C19H19NO3. The van der Waals surface area contributed by atoms with Gasteiger partial charge in [-0.25, -0.2) is 0 Å². The molecule has 0 heterocycles. The monoisotopic (exact) mass is 309 g/mol. The van der Waals surface area contributed by atoms with Crippen LogP contribution in [-0.4, -0.2) is 30.7 Å². The summed E-state index contributed by atoms with van der Waals surface area (Å²) >= 11 is 0. The average molecular weight is 309 g/mol. The first-order valence-corrected chi connectivity index (χ1v) is 7.71. The van der Waals surface area contributed by atoms with Crippen LogP contribution >= 0.6 is 0 Å². The van der Waals surface area contributed by atoms with Crippen molar-refractivity contribution in [2.45, 2.75) is 18.9 Å². The minimum absolute atomic E-state index is 0.0852. The highest BCUT2D eigenvalue weighted by atomic mass is 16.5. The Hall–Kier alpha value is -2.62. The Bertz CT molecular complexity index is 712. The number of rotatable bonds is 5. The van der Waals surface area contributed by atoms with E-state index >= 15 is 0 Å². The molecule has 0 spiro atoms. The highest BCUT2D eigenvalue weighted by Crippen LogP contribution is 2.38. The van der Waals surface area contributed by atoms with Gasteiger partial charge >= 0.3 is 0 Å². The molecule has 0 aromatic heterocycles. The van der Waals surface area contributed by atoms with Crippen molar-refractivity contribution in [1.82, 2.24) is 4.90 Å². The van der Waals surface area contributed by atoms with E-state index < -0.39 is 0 Å². The van der Waals surface area contributed by atoms with Crippen LogP contribution in [0.3, 0.4) is 0 Å². The normalized spacial score (nSPS) is 15.8. The Morgan fingerprint density at radius 1 is 1.26 bits per heavy atom. The summed E-state index contributed by atoms with van der Waals surface area (Å²) in [5, 5.41) is 0. The van der Waals surface area contributed by atoms with Gasteiger partial charge in [-0.3, -0.25) is 4.79 Å². The number of nitrogens with zero attached hydrogens (tertiary/aromatic N) is 1. The molecule has 0 bridgehead atoms. The molecule has 118 valence electrons. The van der Waals surface area contributed by atoms with E-state index in [1.54, 1.807) is 24.1 Å². The minimum Gasteiger partial charge on any atom is -0.497 e. The van der Waals surface area contributed by atoms with E-state index in [1.807, 2.05) is 36.4 Å². The predicted molar refractivity (Wildman–Crippen MR) is 87.6 cm³/mol. The molecule has 0 aliphatic heterocycles. The molecule has 4 nitrogen and oxygen atoms in total. The second kappa shape index (κ2) is 6.65. The SMILES string of the molecule is COc1ccc2c(c1)C(N(CC=O)C(=O)c1ccccc1)CC2. The maximum atomic E-state index is 12.8. The van der Waals surface area contributed by atoms with Crippen molar-refractivity contribution < 1.29 is 14.3 Å². The molecule has 0 N–H and O–H groups in total. The molecule has 1 aliphatic rings. The highest BCUT2D eigenvalue weighted by Gasteiger charge is 2.31. The predicted octanol–water partition coefficient (Wildman–Crippen LogP) is 3.02. The van der Waals surface area contributed by atoms with Crippen molar-refractivity contribution in [3.05, 3.63) is 65.2 Å². The van der Waals surface area contributed by atoms with Crippen LogP contribution in [0.4, 0.5) is 0 Å². The maximum absolute atomic E-state index is 12.8. The van der Waals surface area contributed by atoms with Crippen molar-refractivity contribution in [1.29, 1.82) is 0 Å². The molecule has 2 aromatic carbocycles. The number of fused-ring (bicyclic) bond motifs is 1. The third kappa shape index (κ3) is 2.97. The van der Waals surface area contributed by atoms with Crippen LogP contribution in [0.5, 0.6) is 5.75 Å². The quantitative estimate of drug-likeness (QED) is 0.798. The lowest BCUT2D eigenvalue weighted by atomic mass is 10.0. The zero-order chi connectivity index (χ0) is 16.2. The first-order valence-electron chi connectivity index (χ1n) is 7.71. The highest BCUT2D eigenvalue weighted by molar-refractivity contribution is 5.95. The van der Waals surface area contributed by atoms with Gasteiger partial charge in [-0.15, -0.1) is 0 Å². The van der Waals surface area contributed by atoms with E-state index in [0.29, 0.717) is 5.56 Å². The van der Waals surface area contributed by atoms with Crippen LogP contribution in [0.1, 0.15) is 33.9 Å². The summed E-state index contributed by atoms with van der Waals surface area (Å²) in [6.07, 6.45) is 2.52. The number of amides is 1. The third-order valence-electron chi connectivity index (χ3n) is 4.33. The summed E-state index contributed by atoms with van der Waals surface area (Å²) in [5.41, 5.74) is 2.90. The van der Waals surface area contributed by atoms with E-state index in [2.05, 4.69) is 0 Å². The standard InChI is InChI=1S/C19H19NO3/c1-23-16-9-7-14-8-10-18(17(14)13-16)20(11-12-21)19(22)15-5-3-2-4-6-15/h2-7,9,12-13,18H,8,10-11H2,1H3. The molecule has 0 fully saturated rings. The van der Waals surface area contributed by atoms with Gasteiger partial charge in [0.1, 0.15) is 12.0 Å². The van der Waals surface area contributed by atoms with Gasteiger partial charge in [0.25, 0.3) is 5.91 Å². The molecular weight excluding hydrogens is 290 g/mol. The molecule has 1 unspecified atom stereocenters. The van der Waals surface area contributed by atoms with Crippen molar-refractivity contribution in [2.24, 2.45) is 0 Å². The van der Waals surface area contributed by atoms with Crippen molar-refractivity contribution in [2.75, 3.05) is 13.7 Å². The Morgan fingerprint density at radius 3 is 2.74 bits per heavy atom. The molecule has 2 aromatic rings. The fraction of sp³-hybridized carbons (Fsp3) is 0.263. The lowest BCUT2D eigenvalue weighted by Crippen LogP contribution is -2.35. The number of hydrogen-bond donors (Lipinski definition) is 0. The van der Waals surface area contributed by atoms with Crippen molar-refractivity contribution in [3.63, 3.8) is 0 Å². The van der Waals surface area contributed by atoms with E-state index in [0.717, 1.165) is 30.4 Å². The second-order valence-corrected chi connectivity index (χ2v) is 5.61. The summed E-state index contributed by atoms with van der Waals surface area (Å²) in [7, 11) is 1.63. The smallest absolute Gasteiger partial charge is 0.254 e. The topological polar surface area (TPSA) is 46.6 Å². The molecule has 0 saturated carbocycles. The zero-order valence-electron chi connectivity index (χ0n) is 13.1. The molecule has 0 saturated heterocycles. The van der Waals surface area contributed by atoms with Gasteiger partial charge in [-0.2, -0.15) is 0 Å². The molecule has 23 heavy (non-hydrogen) atoms. The van der Waals surface area contributed by atoms with Crippen LogP contribution in [0.25, 0.3) is 0 Å². The van der Waals surface area contributed by atoms with Gasteiger partial charge in [0, 0.05) is 5.56 Å². The average Bonchev–Trinajstić information content (AvgIpc) is 3.02. The fourth-order valence-corrected chi connectivity index (χ4v) is 3.19. The van der Waals surface area contributed by atoms with Crippen molar-refractivity contribution in [3.8, 4) is 5.75 Å². The number of benzene rings is 2. The van der Waals surface area contributed by atoms with Gasteiger partial charge < -0.3 is 14.4 Å². The largest absolute Gasteiger partial charge is 0.497 e. The molecule has 0 radical (unpaired) electrons. The van der Waals surface area contributed by atoms with Crippen molar-refractivity contribution >= 4 is 12.2 Å². The fourth-order valence-electron chi connectivity index (χ4n) is 3.19. The van der Waals surface area contributed by atoms with Crippen LogP contribution in [0.15, 0.2) is 48.5 Å². The van der Waals surface area contributed by atoms with Gasteiger partial charge in [-0.05, 0) is 48.2 Å². The maximum Gasteiger partial charge on any atom is 0.254 e. The molecule has 4 heteroatoms. The van der Waals surface area contributed by atoms with Crippen LogP contribution in [0, 0.1) is 0 Å². The number of carbonyl (C=O) groups excluding carboxylic acids is 2. The molecule has 3 rings (SSSR count). The van der Waals surface area contributed by atoms with E-state index in [-0.39, 0.29) is 18.5 Å². The van der Waals surface area contributed by atoms with Crippen LogP contribution in [-0.2, 0) is 11.2 Å². The van der Waals surface area contributed by atoms with Gasteiger partial charge in [0.2, 0.25) is 0 Å². The Labute approximate surface area is 135 Å². The molecule has 1 amide bonds. The van der Waals surface area contributed by atoms with Crippen LogP contribution in [0.2, 0.25) is 0 Å². The second-order valence-electron chi connectivity index (χ2n) is 5.61. The van der Waals surface area contributed by atoms with Crippen LogP contribution < -0.4 is 4.74 Å². The molecule has 1 atom stereocenters. The summed E-state index contributed by atoms with van der Waals surface area (Å²) in [5.74, 6) is 0.659. The van der Waals surface area contributed by atoms with Gasteiger partial charge in [0.15, 0.2) is 0 Å². The number of methoxy groups -OCH3 is 1. The number of aryl methyl sites for hydroxylation is 1. The van der Waals surface area contributed by atoms with E-state index in [9.17, 15) is 9.59 Å². The number of hydrogen-bond acceptors (Lipinski definition) is 3. The third-order valence-corrected chi connectivity index (χ3v) is 4.33. The minimum atomic E-state index is -0.113. The number of carbonyl (C=O) groups is 2. The first kappa shape index (κ1) is 15.3. The Morgan fingerprint density at radius 2 is 2.04 bits per heavy atom. The summed E-state index contributed by atoms with van der Waals surface area (Å²) < 4.78 is 5.30. The summed E-state index contributed by atoms with van der Waals surface area (Å²) in [4.78, 5) is 25.6. The summed E-state index contributed by atoms with van der Waals surface area (Å²) in [6.45, 7) is 0.0923. The first-order chi connectivity index (χ1) is 11.2. The van der Waals surface area contributed by atoms with Gasteiger partial charge in [-0.1, -0.05) is 24.3 Å². The lowest BCUT2D eigenvalue weighted by Gasteiger charge is -2.28. The summed E-state index contributed by atoms with van der Waals surface area (Å²) in [6, 6.07) is 15.0.